The molecule has 0 aliphatic carbocycles. The second-order valence-corrected chi connectivity index (χ2v) is 4.52. The second kappa shape index (κ2) is 5.66. The standard InChI is InChI=1S/C12H16N4O3/c13-12(17)8-1-2-11(16(18)19)10(7-8)15-9-3-5-14-6-4-9/h1-2,7,9,14-15H,3-6H2,(H2,13,17). The Hall–Kier alpha value is -2.15. The van der Waals surface area contributed by atoms with Crippen molar-refractivity contribution >= 4 is 17.3 Å². The Kier molecular flexibility index (Phi) is 3.96. The van der Waals surface area contributed by atoms with Gasteiger partial charge in [-0.1, -0.05) is 0 Å². The van der Waals surface area contributed by atoms with E-state index in [0.717, 1.165) is 25.9 Å². The zero-order chi connectivity index (χ0) is 13.8. The number of nitrogens with two attached hydrogens (primary N) is 1. The smallest absolute Gasteiger partial charge is 0.292 e. The first kappa shape index (κ1) is 13.3. The maximum absolute atomic E-state index is 11.1. The maximum Gasteiger partial charge on any atom is 0.292 e. The van der Waals surface area contributed by atoms with Gasteiger partial charge in [-0.25, -0.2) is 0 Å². The number of hydrogen-bond donors (Lipinski definition) is 3. The van der Waals surface area contributed by atoms with Gasteiger partial charge in [-0.15, -0.1) is 0 Å². The van der Waals surface area contributed by atoms with Gasteiger partial charge >= 0.3 is 0 Å². The number of rotatable bonds is 4. The number of amides is 1. The van der Waals surface area contributed by atoms with Gasteiger partial charge < -0.3 is 16.4 Å². The molecule has 0 radical (unpaired) electrons. The van der Waals surface area contributed by atoms with Crippen LogP contribution in [0.15, 0.2) is 18.2 Å². The summed E-state index contributed by atoms with van der Waals surface area (Å²) < 4.78 is 0. The molecule has 0 aromatic heterocycles. The third-order valence-corrected chi connectivity index (χ3v) is 3.18. The summed E-state index contributed by atoms with van der Waals surface area (Å²) in [6.07, 6.45) is 1.77. The van der Waals surface area contributed by atoms with E-state index >= 15 is 0 Å². The molecular formula is C12H16N4O3. The maximum atomic E-state index is 11.1. The fourth-order valence-electron chi connectivity index (χ4n) is 2.15. The predicted octanol–water partition coefficient (Wildman–Crippen LogP) is 0.858. The molecule has 1 aliphatic rings. The summed E-state index contributed by atoms with van der Waals surface area (Å²) in [7, 11) is 0. The first-order valence-electron chi connectivity index (χ1n) is 6.13. The highest BCUT2D eigenvalue weighted by atomic mass is 16.6. The molecule has 4 N–H and O–H groups in total. The molecule has 1 saturated heterocycles. The summed E-state index contributed by atoms with van der Waals surface area (Å²) in [5.74, 6) is -0.594. The van der Waals surface area contributed by atoms with Gasteiger partial charge in [0, 0.05) is 17.7 Å². The van der Waals surface area contributed by atoms with Crippen LogP contribution in [0.1, 0.15) is 23.2 Å². The molecule has 0 bridgehead atoms. The minimum Gasteiger partial charge on any atom is -0.377 e. The van der Waals surface area contributed by atoms with Crippen LogP contribution in [0.4, 0.5) is 11.4 Å². The van der Waals surface area contributed by atoms with Gasteiger partial charge in [0.1, 0.15) is 5.69 Å². The van der Waals surface area contributed by atoms with Crippen molar-refractivity contribution in [2.24, 2.45) is 5.73 Å². The van der Waals surface area contributed by atoms with E-state index in [1.54, 1.807) is 0 Å². The van der Waals surface area contributed by atoms with Crippen LogP contribution in [0.5, 0.6) is 0 Å². The SMILES string of the molecule is NC(=O)c1ccc([N+](=O)[O-])c(NC2CCNCC2)c1. The number of carbonyl (C=O) groups is 1. The van der Waals surface area contributed by atoms with Gasteiger partial charge in [-0.3, -0.25) is 14.9 Å². The van der Waals surface area contributed by atoms with Crippen molar-refractivity contribution in [3.05, 3.63) is 33.9 Å². The lowest BCUT2D eigenvalue weighted by Crippen LogP contribution is -2.35. The molecule has 1 amide bonds. The number of hydrogen-bond acceptors (Lipinski definition) is 5. The van der Waals surface area contributed by atoms with E-state index < -0.39 is 10.8 Å². The highest BCUT2D eigenvalue weighted by Gasteiger charge is 2.20. The van der Waals surface area contributed by atoms with E-state index in [-0.39, 0.29) is 17.3 Å². The van der Waals surface area contributed by atoms with Crippen LogP contribution in [-0.2, 0) is 0 Å². The van der Waals surface area contributed by atoms with Gasteiger partial charge in [0.15, 0.2) is 0 Å². The topological polar surface area (TPSA) is 110 Å². The van der Waals surface area contributed by atoms with Crippen LogP contribution in [0, 0.1) is 10.1 Å². The van der Waals surface area contributed by atoms with Gasteiger partial charge in [0.25, 0.3) is 5.69 Å². The molecule has 1 fully saturated rings. The highest BCUT2D eigenvalue weighted by molar-refractivity contribution is 5.94. The summed E-state index contributed by atoms with van der Waals surface area (Å²) in [6.45, 7) is 1.75. The van der Waals surface area contributed by atoms with E-state index in [9.17, 15) is 14.9 Å². The number of nitrogens with one attached hydrogen (secondary N) is 2. The van der Waals surface area contributed by atoms with Crippen LogP contribution in [0.25, 0.3) is 0 Å². The molecule has 7 nitrogen and oxygen atoms in total. The van der Waals surface area contributed by atoms with Crippen molar-refractivity contribution in [1.82, 2.24) is 5.32 Å². The molecule has 1 aromatic rings. The zero-order valence-corrected chi connectivity index (χ0v) is 10.4. The van der Waals surface area contributed by atoms with Crippen molar-refractivity contribution in [1.29, 1.82) is 0 Å². The van der Waals surface area contributed by atoms with Crippen LogP contribution in [0.3, 0.4) is 0 Å². The number of benzene rings is 1. The van der Waals surface area contributed by atoms with Crippen LogP contribution < -0.4 is 16.4 Å². The number of nitro groups is 1. The first-order valence-corrected chi connectivity index (χ1v) is 6.13. The molecule has 102 valence electrons. The molecule has 1 heterocycles. The average molecular weight is 264 g/mol. The molecule has 0 spiro atoms. The van der Waals surface area contributed by atoms with Gasteiger partial charge in [-0.2, -0.15) is 0 Å². The fraction of sp³-hybridized carbons (Fsp3) is 0.417. The molecule has 2 rings (SSSR count). The lowest BCUT2D eigenvalue weighted by molar-refractivity contribution is -0.384. The Labute approximate surface area is 110 Å². The Balaban J connectivity index is 2.26. The molecule has 19 heavy (non-hydrogen) atoms. The van der Waals surface area contributed by atoms with Crippen molar-refractivity contribution in [2.75, 3.05) is 18.4 Å². The minimum absolute atomic E-state index is 0.0384. The summed E-state index contributed by atoms with van der Waals surface area (Å²) in [6, 6.07) is 4.29. The van der Waals surface area contributed by atoms with Crippen LogP contribution >= 0.6 is 0 Å². The lowest BCUT2D eigenvalue weighted by atomic mass is 10.1. The van der Waals surface area contributed by atoms with Crippen molar-refractivity contribution in [3.63, 3.8) is 0 Å². The second-order valence-electron chi connectivity index (χ2n) is 4.52. The number of anilines is 1. The monoisotopic (exact) mass is 264 g/mol. The zero-order valence-electron chi connectivity index (χ0n) is 10.4. The van der Waals surface area contributed by atoms with E-state index in [4.69, 9.17) is 5.73 Å². The van der Waals surface area contributed by atoms with Crippen molar-refractivity contribution in [3.8, 4) is 0 Å². The van der Waals surface area contributed by atoms with Crippen molar-refractivity contribution < 1.29 is 9.72 Å². The molecule has 0 unspecified atom stereocenters. The first-order chi connectivity index (χ1) is 9.08. The molecule has 1 aliphatic heterocycles. The average Bonchev–Trinajstić information content (AvgIpc) is 2.39. The summed E-state index contributed by atoms with van der Waals surface area (Å²) in [5.41, 5.74) is 5.78. The minimum atomic E-state index is -0.594. The third kappa shape index (κ3) is 3.19. The summed E-state index contributed by atoms with van der Waals surface area (Å²) in [4.78, 5) is 21.7. The number of nitrogens with zero attached hydrogens (tertiary/aromatic N) is 1. The van der Waals surface area contributed by atoms with E-state index in [1.165, 1.54) is 18.2 Å². The Bertz CT molecular complexity index is 498. The third-order valence-electron chi connectivity index (χ3n) is 3.18. The fourth-order valence-corrected chi connectivity index (χ4v) is 2.15. The molecular weight excluding hydrogens is 248 g/mol. The highest BCUT2D eigenvalue weighted by Crippen LogP contribution is 2.27. The molecule has 7 heteroatoms. The molecule has 0 atom stereocenters. The van der Waals surface area contributed by atoms with Crippen LogP contribution in [0.2, 0.25) is 0 Å². The number of primary amides is 1. The predicted molar refractivity (Wildman–Crippen MR) is 71.1 cm³/mol. The number of nitro benzene ring substituents is 1. The van der Waals surface area contributed by atoms with E-state index in [0.29, 0.717) is 5.69 Å². The lowest BCUT2D eigenvalue weighted by Gasteiger charge is -2.24. The normalized spacial score (nSPS) is 16.0. The quantitative estimate of drug-likeness (QED) is 0.551. The number of carbonyl (C=O) groups excluding carboxylic acids is 1. The Morgan fingerprint density at radius 2 is 2.11 bits per heavy atom. The Morgan fingerprint density at radius 1 is 1.42 bits per heavy atom. The van der Waals surface area contributed by atoms with Gasteiger partial charge in [0.05, 0.1) is 4.92 Å². The largest absolute Gasteiger partial charge is 0.377 e. The van der Waals surface area contributed by atoms with Gasteiger partial charge in [0.2, 0.25) is 5.91 Å². The summed E-state index contributed by atoms with van der Waals surface area (Å²) in [5, 5.41) is 17.3. The van der Waals surface area contributed by atoms with E-state index in [2.05, 4.69) is 10.6 Å². The molecule has 0 saturated carbocycles. The van der Waals surface area contributed by atoms with Crippen LogP contribution in [-0.4, -0.2) is 30.0 Å². The van der Waals surface area contributed by atoms with Crippen molar-refractivity contribution in [2.45, 2.75) is 18.9 Å². The summed E-state index contributed by atoms with van der Waals surface area (Å²) >= 11 is 0. The molecule has 1 aromatic carbocycles. The van der Waals surface area contributed by atoms with Gasteiger partial charge in [-0.05, 0) is 38.1 Å². The number of piperidine rings is 1. The Morgan fingerprint density at radius 3 is 2.68 bits per heavy atom. The van der Waals surface area contributed by atoms with E-state index in [1.807, 2.05) is 0 Å².